The van der Waals surface area contributed by atoms with Gasteiger partial charge in [-0.05, 0) is 48.5 Å². The van der Waals surface area contributed by atoms with Crippen molar-refractivity contribution in [2.75, 3.05) is 23.7 Å². The molecular formula is C19H22N4O5S. The molecule has 3 amide bonds. The van der Waals surface area contributed by atoms with Crippen LogP contribution in [0.3, 0.4) is 0 Å². The van der Waals surface area contributed by atoms with Crippen LogP contribution in [-0.2, 0) is 19.6 Å². The lowest BCUT2D eigenvalue weighted by molar-refractivity contribution is -0.115. The van der Waals surface area contributed by atoms with Gasteiger partial charge in [0.2, 0.25) is 21.8 Å². The van der Waals surface area contributed by atoms with Gasteiger partial charge in [-0.25, -0.2) is 13.1 Å². The van der Waals surface area contributed by atoms with Crippen molar-refractivity contribution in [3.8, 4) is 0 Å². The minimum absolute atomic E-state index is 0.00545. The number of carbonyl (C=O) groups excluding carboxylic acids is 3. The molecule has 2 aromatic rings. The molecule has 0 fully saturated rings. The summed E-state index contributed by atoms with van der Waals surface area (Å²) in [7, 11) is -3.74. The normalized spacial score (nSPS) is 10.8. The Kier molecular flexibility index (Phi) is 7.46. The predicted octanol–water partition coefficient (Wildman–Crippen LogP) is 1.31. The van der Waals surface area contributed by atoms with E-state index in [1.54, 1.807) is 24.3 Å². The van der Waals surface area contributed by atoms with E-state index in [2.05, 4.69) is 20.7 Å². The lowest BCUT2D eigenvalue weighted by Gasteiger charge is -2.09. The van der Waals surface area contributed by atoms with Gasteiger partial charge in [0.05, 0.1) is 4.90 Å². The molecule has 0 aliphatic rings. The van der Waals surface area contributed by atoms with Gasteiger partial charge in [0, 0.05) is 43.9 Å². The zero-order valence-corrected chi connectivity index (χ0v) is 16.8. The first-order valence-electron chi connectivity index (χ1n) is 8.70. The summed E-state index contributed by atoms with van der Waals surface area (Å²) in [4.78, 5) is 34.1. The maximum absolute atomic E-state index is 12.3. The average molecular weight is 418 g/mol. The van der Waals surface area contributed by atoms with Gasteiger partial charge < -0.3 is 16.0 Å². The van der Waals surface area contributed by atoms with Crippen molar-refractivity contribution in [1.82, 2.24) is 10.0 Å². The van der Waals surface area contributed by atoms with Crippen LogP contribution in [0.15, 0.2) is 53.4 Å². The van der Waals surface area contributed by atoms with E-state index in [-0.39, 0.29) is 35.7 Å². The Hall–Kier alpha value is -3.24. The molecule has 0 spiro atoms. The first kappa shape index (κ1) is 22.1. The molecule has 0 aromatic heterocycles. The minimum atomic E-state index is -3.74. The Morgan fingerprint density at radius 2 is 1.24 bits per heavy atom. The fraction of sp³-hybridized carbons (Fsp3) is 0.211. The number of amides is 3. The van der Waals surface area contributed by atoms with E-state index in [9.17, 15) is 22.8 Å². The van der Waals surface area contributed by atoms with Crippen molar-refractivity contribution in [2.24, 2.45) is 0 Å². The average Bonchev–Trinajstić information content (AvgIpc) is 2.65. The van der Waals surface area contributed by atoms with Crippen molar-refractivity contribution in [2.45, 2.75) is 18.7 Å². The Bertz CT molecular complexity index is 986. The number of rotatable bonds is 8. The summed E-state index contributed by atoms with van der Waals surface area (Å²) < 4.78 is 26.9. The molecule has 0 unspecified atom stereocenters. The molecule has 10 heteroatoms. The summed E-state index contributed by atoms with van der Waals surface area (Å²) in [6.45, 7) is 2.85. The molecule has 0 saturated carbocycles. The zero-order valence-electron chi connectivity index (χ0n) is 16.0. The highest BCUT2D eigenvalue weighted by Gasteiger charge is 2.13. The van der Waals surface area contributed by atoms with Crippen LogP contribution < -0.4 is 20.7 Å². The Labute approximate surface area is 168 Å². The van der Waals surface area contributed by atoms with Gasteiger partial charge in [-0.2, -0.15) is 0 Å². The summed E-state index contributed by atoms with van der Waals surface area (Å²) in [5.74, 6) is -0.822. The van der Waals surface area contributed by atoms with E-state index in [1.807, 2.05) is 0 Å². The van der Waals surface area contributed by atoms with Gasteiger partial charge in [0.15, 0.2) is 0 Å². The third-order valence-corrected chi connectivity index (χ3v) is 5.13. The molecule has 0 heterocycles. The van der Waals surface area contributed by atoms with Crippen molar-refractivity contribution in [1.29, 1.82) is 0 Å². The van der Waals surface area contributed by atoms with Gasteiger partial charge in [0.25, 0.3) is 5.91 Å². The molecular weight excluding hydrogens is 396 g/mol. The van der Waals surface area contributed by atoms with Gasteiger partial charge in [0.1, 0.15) is 0 Å². The molecule has 154 valence electrons. The molecule has 0 atom stereocenters. The second-order valence-corrected chi connectivity index (χ2v) is 7.88. The maximum Gasteiger partial charge on any atom is 0.251 e. The predicted molar refractivity (Wildman–Crippen MR) is 109 cm³/mol. The van der Waals surface area contributed by atoms with Crippen LogP contribution in [0.2, 0.25) is 0 Å². The van der Waals surface area contributed by atoms with Crippen LogP contribution in [0, 0.1) is 0 Å². The van der Waals surface area contributed by atoms with Crippen LogP contribution in [0.5, 0.6) is 0 Å². The van der Waals surface area contributed by atoms with E-state index in [0.29, 0.717) is 16.9 Å². The lowest BCUT2D eigenvalue weighted by atomic mass is 10.2. The number of carbonyl (C=O) groups is 3. The van der Waals surface area contributed by atoms with Crippen LogP contribution >= 0.6 is 0 Å². The molecule has 0 aliphatic heterocycles. The summed E-state index contributed by atoms with van der Waals surface area (Å²) >= 11 is 0. The third-order valence-electron chi connectivity index (χ3n) is 3.66. The first-order valence-corrected chi connectivity index (χ1v) is 10.2. The van der Waals surface area contributed by atoms with Crippen molar-refractivity contribution < 1.29 is 22.8 Å². The van der Waals surface area contributed by atoms with E-state index in [0.717, 1.165) is 0 Å². The number of benzene rings is 2. The molecule has 0 aliphatic carbocycles. The molecule has 2 aromatic carbocycles. The lowest BCUT2D eigenvalue weighted by Crippen LogP contribution is -2.34. The Morgan fingerprint density at radius 1 is 0.759 bits per heavy atom. The fourth-order valence-corrected chi connectivity index (χ4v) is 3.41. The summed E-state index contributed by atoms with van der Waals surface area (Å²) in [5, 5.41) is 7.77. The largest absolute Gasteiger partial charge is 0.351 e. The molecule has 4 N–H and O–H groups in total. The molecule has 9 nitrogen and oxygen atoms in total. The number of hydrogen-bond donors (Lipinski definition) is 4. The monoisotopic (exact) mass is 418 g/mol. The second-order valence-electron chi connectivity index (χ2n) is 6.12. The molecule has 29 heavy (non-hydrogen) atoms. The second kappa shape index (κ2) is 9.80. The quantitative estimate of drug-likeness (QED) is 0.480. The smallest absolute Gasteiger partial charge is 0.251 e. The number of hydrogen-bond acceptors (Lipinski definition) is 5. The molecule has 0 bridgehead atoms. The number of sulfonamides is 1. The van der Waals surface area contributed by atoms with Crippen LogP contribution in [0.4, 0.5) is 11.4 Å². The van der Waals surface area contributed by atoms with Crippen LogP contribution in [0.1, 0.15) is 24.2 Å². The Morgan fingerprint density at radius 3 is 1.72 bits per heavy atom. The van der Waals surface area contributed by atoms with Gasteiger partial charge >= 0.3 is 0 Å². The minimum Gasteiger partial charge on any atom is -0.351 e. The summed E-state index contributed by atoms with van der Waals surface area (Å²) in [5.41, 5.74) is 1.45. The van der Waals surface area contributed by atoms with E-state index < -0.39 is 10.0 Å². The van der Waals surface area contributed by atoms with E-state index in [4.69, 9.17) is 0 Å². The first-order chi connectivity index (χ1) is 13.7. The van der Waals surface area contributed by atoms with Gasteiger partial charge in [-0.3, -0.25) is 14.4 Å². The SMILES string of the molecule is CC(=O)Nc1ccc(C(=O)NCCNS(=O)(=O)c2ccc(NC(C)=O)cc2)cc1. The molecule has 2 rings (SSSR count). The molecule has 0 saturated heterocycles. The highest BCUT2D eigenvalue weighted by molar-refractivity contribution is 7.89. The highest BCUT2D eigenvalue weighted by atomic mass is 32.2. The number of anilines is 2. The van der Waals surface area contributed by atoms with E-state index >= 15 is 0 Å². The standard InChI is InChI=1S/C19H22N4O5S/c1-13(24)22-16-5-3-15(4-6-16)19(26)20-11-12-21-29(27,28)18-9-7-17(8-10-18)23-14(2)25/h3-10,21H,11-12H2,1-2H3,(H,20,26)(H,22,24)(H,23,25). The van der Waals surface area contributed by atoms with Gasteiger partial charge in [-0.15, -0.1) is 0 Å². The van der Waals surface area contributed by atoms with E-state index in [1.165, 1.54) is 38.1 Å². The topological polar surface area (TPSA) is 133 Å². The van der Waals surface area contributed by atoms with Crippen molar-refractivity contribution >= 4 is 39.1 Å². The highest BCUT2D eigenvalue weighted by Crippen LogP contribution is 2.14. The summed E-state index contributed by atoms with van der Waals surface area (Å²) in [6.07, 6.45) is 0. The van der Waals surface area contributed by atoms with Crippen LogP contribution in [0.25, 0.3) is 0 Å². The molecule has 0 radical (unpaired) electrons. The summed E-state index contributed by atoms with van der Waals surface area (Å²) in [6, 6.07) is 12.0. The fourth-order valence-electron chi connectivity index (χ4n) is 2.38. The van der Waals surface area contributed by atoms with Crippen molar-refractivity contribution in [3.05, 3.63) is 54.1 Å². The Balaban J connectivity index is 1.83. The maximum atomic E-state index is 12.3. The third kappa shape index (κ3) is 7.01. The van der Waals surface area contributed by atoms with Crippen molar-refractivity contribution in [3.63, 3.8) is 0 Å². The van der Waals surface area contributed by atoms with Crippen LogP contribution in [-0.4, -0.2) is 39.2 Å². The zero-order chi connectivity index (χ0) is 21.4. The number of nitrogens with one attached hydrogen (secondary N) is 4. The van der Waals surface area contributed by atoms with Gasteiger partial charge in [-0.1, -0.05) is 0 Å².